The van der Waals surface area contributed by atoms with Crippen LogP contribution >= 0.6 is 11.6 Å². The zero-order valence-electron chi connectivity index (χ0n) is 16.5. The fraction of sp³-hybridized carbons (Fsp3) is 0.450. The zero-order valence-corrected chi connectivity index (χ0v) is 17.3. The van der Waals surface area contributed by atoms with Crippen LogP contribution in [0.25, 0.3) is 0 Å². The molecule has 29 heavy (non-hydrogen) atoms. The van der Waals surface area contributed by atoms with E-state index in [9.17, 15) is 4.79 Å². The van der Waals surface area contributed by atoms with Crippen molar-refractivity contribution in [2.24, 2.45) is 0 Å². The van der Waals surface area contributed by atoms with E-state index in [-0.39, 0.29) is 11.9 Å². The Balaban J connectivity index is 1.45. The first-order valence-corrected chi connectivity index (χ1v) is 10.0. The highest BCUT2D eigenvalue weighted by molar-refractivity contribution is 6.30. The number of rotatable bonds is 6. The first kappa shape index (κ1) is 19.6. The Kier molecular flexibility index (Phi) is 5.62. The maximum absolute atomic E-state index is 12.3. The quantitative estimate of drug-likeness (QED) is 0.772. The van der Waals surface area contributed by atoms with Crippen molar-refractivity contribution < 1.29 is 14.3 Å². The monoisotopic (exact) mass is 417 g/mol. The van der Waals surface area contributed by atoms with Crippen LogP contribution in [0.15, 0.2) is 24.4 Å². The number of anilines is 2. The summed E-state index contributed by atoms with van der Waals surface area (Å²) in [5, 5.41) is 3.62. The Bertz CT molecular complexity index is 898. The molecule has 9 heteroatoms. The predicted octanol–water partition coefficient (Wildman–Crippen LogP) is 2.37. The van der Waals surface area contributed by atoms with Gasteiger partial charge in [-0.1, -0.05) is 11.6 Å². The van der Waals surface area contributed by atoms with Crippen molar-refractivity contribution in [3.05, 3.63) is 35.0 Å². The van der Waals surface area contributed by atoms with Gasteiger partial charge in [-0.25, -0.2) is 4.98 Å². The third-order valence-corrected chi connectivity index (χ3v) is 5.37. The molecule has 2 aliphatic rings. The van der Waals surface area contributed by atoms with E-state index < -0.39 is 0 Å². The molecule has 0 bridgehead atoms. The number of benzene rings is 1. The van der Waals surface area contributed by atoms with Crippen LogP contribution in [-0.4, -0.2) is 62.3 Å². The van der Waals surface area contributed by atoms with Crippen LogP contribution in [0, 0.1) is 0 Å². The molecule has 1 saturated heterocycles. The van der Waals surface area contributed by atoms with Gasteiger partial charge in [0, 0.05) is 43.4 Å². The van der Waals surface area contributed by atoms with E-state index in [4.69, 9.17) is 21.1 Å². The smallest absolute Gasteiger partial charge is 0.258 e. The summed E-state index contributed by atoms with van der Waals surface area (Å²) in [6.07, 6.45) is 3.59. The molecule has 0 spiro atoms. The lowest BCUT2D eigenvalue weighted by Gasteiger charge is -2.36. The minimum atomic E-state index is -0.186. The lowest BCUT2D eigenvalue weighted by Crippen LogP contribution is -2.47. The minimum Gasteiger partial charge on any atom is -0.495 e. The molecule has 2 fully saturated rings. The summed E-state index contributed by atoms with van der Waals surface area (Å²) in [6.45, 7) is 3.00. The van der Waals surface area contributed by atoms with Crippen molar-refractivity contribution in [2.75, 3.05) is 50.2 Å². The number of hydrogen-bond acceptors (Lipinski definition) is 7. The highest BCUT2D eigenvalue weighted by atomic mass is 35.5. The molecular weight excluding hydrogens is 394 g/mol. The van der Waals surface area contributed by atoms with Gasteiger partial charge in [-0.3, -0.25) is 4.79 Å². The number of aromatic nitrogens is 2. The number of carbonyl (C=O) groups is 1. The lowest BCUT2D eigenvalue weighted by molar-refractivity contribution is 0.0947. The molecule has 1 aromatic carbocycles. The zero-order chi connectivity index (χ0) is 20.4. The van der Waals surface area contributed by atoms with Gasteiger partial charge >= 0.3 is 0 Å². The van der Waals surface area contributed by atoms with E-state index >= 15 is 0 Å². The molecule has 0 atom stereocenters. The van der Waals surface area contributed by atoms with Crippen molar-refractivity contribution >= 4 is 29.1 Å². The molecule has 1 aromatic heterocycles. The van der Waals surface area contributed by atoms with Crippen LogP contribution in [0.1, 0.15) is 23.2 Å². The largest absolute Gasteiger partial charge is 0.495 e. The highest BCUT2D eigenvalue weighted by Gasteiger charge is 2.27. The van der Waals surface area contributed by atoms with Gasteiger partial charge in [-0.15, -0.1) is 0 Å². The number of nitrogens with one attached hydrogen (secondary N) is 1. The first-order valence-electron chi connectivity index (χ1n) is 9.64. The van der Waals surface area contributed by atoms with E-state index in [1.807, 2.05) is 18.2 Å². The van der Waals surface area contributed by atoms with Crippen molar-refractivity contribution in [1.29, 1.82) is 0 Å². The molecular formula is C20H24ClN5O3. The number of carbonyl (C=O) groups excluding carboxylic acids is 1. The summed E-state index contributed by atoms with van der Waals surface area (Å²) in [4.78, 5) is 25.5. The average molecular weight is 418 g/mol. The molecule has 4 rings (SSSR count). The first-order chi connectivity index (χ1) is 14.1. The van der Waals surface area contributed by atoms with Gasteiger partial charge in [0.25, 0.3) is 5.91 Å². The van der Waals surface area contributed by atoms with Gasteiger partial charge in [-0.2, -0.15) is 4.98 Å². The fourth-order valence-electron chi connectivity index (χ4n) is 3.37. The molecule has 1 saturated carbocycles. The van der Waals surface area contributed by atoms with E-state index in [1.165, 1.54) is 7.11 Å². The van der Waals surface area contributed by atoms with Crippen LogP contribution in [0.5, 0.6) is 11.6 Å². The Hall–Kier alpha value is -2.74. The molecule has 1 aliphatic heterocycles. The molecule has 0 radical (unpaired) electrons. The maximum atomic E-state index is 12.3. The molecule has 1 amide bonds. The molecule has 2 heterocycles. The molecule has 0 unspecified atom stereocenters. The number of methoxy groups -OCH3 is 2. The van der Waals surface area contributed by atoms with E-state index in [0.717, 1.165) is 50.5 Å². The van der Waals surface area contributed by atoms with Gasteiger partial charge in [0.1, 0.15) is 11.3 Å². The van der Waals surface area contributed by atoms with Gasteiger partial charge < -0.3 is 24.6 Å². The number of ether oxygens (including phenoxy) is 2. The molecule has 2 aromatic rings. The lowest BCUT2D eigenvalue weighted by atomic mass is 10.2. The Morgan fingerprint density at radius 1 is 1.14 bits per heavy atom. The summed E-state index contributed by atoms with van der Waals surface area (Å²) >= 11 is 6.17. The predicted molar refractivity (Wildman–Crippen MR) is 112 cm³/mol. The third-order valence-electron chi connectivity index (χ3n) is 5.14. The number of hydrogen-bond donors (Lipinski definition) is 1. The van der Waals surface area contributed by atoms with E-state index in [2.05, 4.69) is 25.1 Å². The van der Waals surface area contributed by atoms with Crippen LogP contribution in [0.3, 0.4) is 0 Å². The van der Waals surface area contributed by atoms with Crippen LogP contribution < -0.4 is 24.6 Å². The van der Waals surface area contributed by atoms with Gasteiger partial charge in [-0.05, 0) is 31.0 Å². The summed E-state index contributed by atoms with van der Waals surface area (Å²) in [5.41, 5.74) is 1.34. The second-order valence-electron chi connectivity index (χ2n) is 7.13. The van der Waals surface area contributed by atoms with Crippen molar-refractivity contribution in [1.82, 2.24) is 15.3 Å². The number of amides is 1. The Morgan fingerprint density at radius 2 is 1.86 bits per heavy atom. The number of halogens is 1. The average Bonchev–Trinajstić information content (AvgIpc) is 3.57. The van der Waals surface area contributed by atoms with Crippen molar-refractivity contribution in [2.45, 2.75) is 18.9 Å². The normalized spacial score (nSPS) is 16.5. The summed E-state index contributed by atoms with van der Waals surface area (Å²) in [7, 11) is 3.17. The summed E-state index contributed by atoms with van der Waals surface area (Å²) < 4.78 is 10.8. The second-order valence-corrected chi connectivity index (χ2v) is 7.57. The number of nitrogens with zero attached hydrogens (tertiary/aromatic N) is 4. The Labute approximate surface area is 174 Å². The summed E-state index contributed by atoms with van der Waals surface area (Å²) in [5.74, 6) is 1.47. The standard InChI is InChI=1S/C20H24ClN5O3/c1-28-17-6-3-13(21)11-16(17)25-7-9-26(10-8-25)20-22-12-15(19(24-20)29-2)18(27)23-14-4-5-14/h3,6,11-12,14H,4-5,7-10H2,1-2H3,(H,23,27). The van der Waals surface area contributed by atoms with Crippen LogP contribution in [0.4, 0.5) is 11.6 Å². The third kappa shape index (κ3) is 4.32. The molecule has 154 valence electrons. The van der Waals surface area contributed by atoms with Crippen LogP contribution in [0.2, 0.25) is 5.02 Å². The highest BCUT2D eigenvalue weighted by Crippen LogP contribution is 2.32. The summed E-state index contributed by atoms with van der Waals surface area (Å²) in [6, 6.07) is 5.89. The molecule has 1 aliphatic carbocycles. The fourth-order valence-corrected chi connectivity index (χ4v) is 3.54. The van der Waals surface area contributed by atoms with E-state index in [1.54, 1.807) is 13.3 Å². The maximum Gasteiger partial charge on any atom is 0.258 e. The molecule has 1 N–H and O–H groups in total. The minimum absolute atomic E-state index is 0.186. The SMILES string of the molecule is COc1ccc(Cl)cc1N1CCN(c2ncc(C(=O)NC3CC3)c(OC)n2)CC1. The van der Waals surface area contributed by atoms with Crippen molar-refractivity contribution in [3.63, 3.8) is 0 Å². The van der Waals surface area contributed by atoms with Gasteiger partial charge in [0.2, 0.25) is 11.8 Å². The second kappa shape index (κ2) is 8.32. The van der Waals surface area contributed by atoms with Crippen molar-refractivity contribution in [3.8, 4) is 11.6 Å². The topological polar surface area (TPSA) is 79.8 Å². The number of piperazine rings is 1. The molecule has 8 nitrogen and oxygen atoms in total. The Morgan fingerprint density at radius 3 is 2.52 bits per heavy atom. The van der Waals surface area contributed by atoms with Gasteiger partial charge in [0.05, 0.1) is 19.9 Å². The van der Waals surface area contributed by atoms with Gasteiger partial charge in [0.15, 0.2) is 0 Å². The van der Waals surface area contributed by atoms with E-state index in [0.29, 0.717) is 22.4 Å². The van der Waals surface area contributed by atoms with Crippen LogP contribution in [-0.2, 0) is 0 Å².